The van der Waals surface area contributed by atoms with Gasteiger partial charge in [0, 0.05) is 10.9 Å². The molecule has 1 heterocycles. The Morgan fingerprint density at radius 1 is 1.28 bits per heavy atom. The van der Waals surface area contributed by atoms with E-state index in [2.05, 4.69) is 42.1 Å². The summed E-state index contributed by atoms with van der Waals surface area (Å²) in [5.41, 5.74) is 6.15. The Labute approximate surface area is 107 Å². The summed E-state index contributed by atoms with van der Waals surface area (Å²) in [5.74, 6) is 6.05. The summed E-state index contributed by atoms with van der Waals surface area (Å²) < 4.78 is 0. The lowest BCUT2D eigenvalue weighted by Crippen LogP contribution is -2.12. The van der Waals surface area contributed by atoms with Gasteiger partial charge in [0.2, 0.25) is 0 Å². The first-order valence-electron chi connectivity index (χ1n) is 6.62. The van der Waals surface area contributed by atoms with Crippen LogP contribution in [-0.2, 0) is 6.42 Å². The lowest BCUT2D eigenvalue weighted by Gasteiger charge is -2.13. The molecule has 18 heavy (non-hydrogen) atoms. The summed E-state index contributed by atoms with van der Waals surface area (Å²) in [6.07, 6.45) is 3.24. The second-order valence-corrected chi connectivity index (χ2v) is 5.37. The number of aromatic nitrogens is 1. The smallest absolute Gasteiger partial charge is 0.0837 e. The van der Waals surface area contributed by atoms with Crippen molar-refractivity contribution in [3.63, 3.8) is 0 Å². The monoisotopic (exact) mass is 241 g/mol. The van der Waals surface area contributed by atoms with E-state index in [1.165, 1.54) is 22.0 Å². The third kappa shape index (κ3) is 1.62. The normalized spacial score (nSPS) is 17.6. The van der Waals surface area contributed by atoms with Crippen molar-refractivity contribution in [3.8, 4) is 0 Å². The minimum atomic E-state index is 0.561. The van der Waals surface area contributed by atoms with Gasteiger partial charge >= 0.3 is 0 Å². The van der Waals surface area contributed by atoms with Crippen LogP contribution in [0.3, 0.4) is 0 Å². The van der Waals surface area contributed by atoms with Crippen LogP contribution in [0.2, 0.25) is 0 Å². The number of nitrogens with zero attached hydrogens (tertiary/aromatic N) is 1. The molecule has 0 aliphatic heterocycles. The summed E-state index contributed by atoms with van der Waals surface area (Å²) in [5, 5.41) is 5.27. The van der Waals surface area contributed by atoms with E-state index in [1.807, 2.05) is 0 Å². The average molecular weight is 241 g/mol. The summed E-state index contributed by atoms with van der Waals surface area (Å²) in [6, 6.07) is 6.69. The Bertz CT molecular complexity index is 620. The molecular weight excluding hydrogens is 222 g/mol. The van der Waals surface area contributed by atoms with E-state index in [4.69, 9.17) is 5.84 Å². The van der Waals surface area contributed by atoms with Crippen LogP contribution < -0.4 is 5.84 Å². The number of hydrazone groups is 1. The number of hydrogen-bond acceptors (Lipinski definition) is 2. The summed E-state index contributed by atoms with van der Waals surface area (Å²) >= 11 is 0. The van der Waals surface area contributed by atoms with E-state index in [0.717, 1.165) is 30.7 Å². The van der Waals surface area contributed by atoms with Gasteiger partial charge in [-0.05, 0) is 48.4 Å². The predicted molar refractivity (Wildman–Crippen MR) is 76.1 cm³/mol. The zero-order valence-corrected chi connectivity index (χ0v) is 11.0. The molecule has 1 aliphatic carbocycles. The number of aryl methyl sites for hydroxylation is 1. The van der Waals surface area contributed by atoms with Gasteiger partial charge in [0.15, 0.2) is 0 Å². The number of fused-ring (bicyclic) bond motifs is 3. The third-order valence-corrected chi connectivity index (χ3v) is 3.88. The van der Waals surface area contributed by atoms with E-state index >= 15 is 0 Å². The Balaban J connectivity index is 2.24. The van der Waals surface area contributed by atoms with Crippen LogP contribution in [0.1, 0.15) is 49.4 Å². The van der Waals surface area contributed by atoms with E-state index < -0.39 is 0 Å². The minimum Gasteiger partial charge on any atom is -0.353 e. The molecule has 1 aromatic heterocycles. The number of aromatic amines is 1. The van der Waals surface area contributed by atoms with Crippen molar-refractivity contribution in [1.82, 2.24) is 4.98 Å². The first-order valence-corrected chi connectivity index (χ1v) is 6.62. The molecule has 0 radical (unpaired) electrons. The molecule has 3 N–H and O–H groups in total. The molecule has 0 unspecified atom stereocenters. The van der Waals surface area contributed by atoms with Gasteiger partial charge in [0.05, 0.1) is 11.4 Å². The molecule has 0 bridgehead atoms. The molecule has 0 spiro atoms. The highest BCUT2D eigenvalue weighted by molar-refractivity contribution is 6.06. The Hall–Kier alpha value is -1.77. The fourth-order valence-electron chi connectivity index (χ4n) is 2.82. The Kier molecular flexibility index (Phi) is 2.62. The van der Waals surface area contributed by atoms with Crippen LogP contribution in [0.5, 0.6) is 0 Å². The highest BCUT2D eigenvalue weighted by atomic mass is 15.1. The first-order chi connectivity index (χ1) is 8.70. The fraction of sp³-hybridized carbons (Fsp3) is 0.400. The summed E-state index contributed by atoms with van der Waals surface area (Å²) in [7, 11) is 0. The maximum atomic E-state index is 5.49. The molecule has 3 rings (SSSR count). The van der Waals surface area contributed by atoms with Crippen LogP contribution in [0, 0.1) is 0 Å². The predicted octanol–water partition coefficient (Wildman–Crippen LogP) is 3.29. The van der Waals surface area contributed by atoms with E-state index in [-0.39, 0.29) is 0 Å². The van der Waals surface area contributed by atoms with Crippen molar-refractivity contribution in [1.29, 1.82) is 0 Å². The summed E-state index contributed by atoms with van der Waals surface area (Å²) in [6.45, 7) is 4.46. The van der Waals surface area contributed by atoms with Crippen molar-refractivity contribution in [2.45, 2.75) is 39.0 Å². The quantitative estimate of drug-likeness (QED) is 0.584. The van der Waals surface area contributed by atoms with Crippen molar-refractivity contribution >= 4 is 16.6 Å². The van der Waals surface area contributed by atoms with Crippen molar-refractivity contribution in [2.75, 3.05) is 0 Å². The van der Waals surface area contributed by atoms with Gasteiger partial charge in [0.1, 0.15) is 0 Å². The van der Waals surface area contributed by atoms with Crippen molar-refractivity contribution in [3.05, 3.63) is 35.0 Å². The van der Waals surface area contributed by atoms with Crippen LogP contribution in [-0.4, -0.2) is 10.7 Å². The van der Waals surface area contributed by atoms with Crippen molar-refractivity contribution in [2.24, 2.45) is 10.9 Å². The van der Waals surface area contributed by atoms with Gasteiger partial charge in [-0.1, -0.05) is 19.9 Å². The van der Waals surface area contributed by atoms with Crippen molar-refractivity contribution < 1.29 is 0 Å². The third-order valence-electron chi connectivity index (χ3n) is 3.88. The second kappa shape index (κ2) is 4.16. The van der Waals surface area contributed by atoms with Crippen LogP contribution >= 0.6 is 0 Å². The molecule has 1 aliphatic rings. The van der Waals surface area contributed by atoms with Crippen LogP contribution in [0.15, 0.2) is 23.3 Å². The van der Waals surface area contributed by atoms with Crippen LogP contribution in [0.4, 0.5) is 0 Å². The Morgan fingerprint density at radius 2 is 2.11 bits per heavy atom. The molecule has 2 aromatic rings. The number of nitrogens with one attached hydrogen (secondary N) is 1. The molecule has 3 nitrogen and oxygen atoms in total. The lowest BCUT2D eigenvalue weighted by atomic mass is 9.92. The molecule has 3 heteroatoms. The van der Waals surface area contributed by atoms with Gasteiger partial charge < -0.3 is 10.8 Å². The molecule has 0 amide bonds. The minimum absolute atomic E-state index is 0.561. The van der Waals surface area contributed by atoms with Crippen LogP contribution in [0.25, 0.3) is 10.9 Å². The highest BCUT2D eigenvalue weighted by Crippen LogP contribution is 2.31. The first kappa shape index (κ1) is 11.3. The topological polar surface area (TPSA) is 54.2 Å². The van der Waals surface area contributed by atoms with Gasteiger partial charge in [-0.15, -0.1) is 0 Å². The number of hydrogen-bond donors (Lipinski definition) is 2. The second-order valence-electron chi connectivity index (χ2n) is 5.37. The number of H-pyrrole nitrogens is 1. The number of nitrogens with two attached hydrogens (primary N) is 1. The number of benzene rings is 1. The maximum absolute atomic E-state index is 5.49. The van der Waals surface area contributed by atoms with E-state index in [0.29, 0.717) is 5.92 Å². The van der Waals surface area contributed by atoms with E-state index in [9.17, 15) is 0 Å². The van der Waals surface area contributed by atoms with Gasteiger partial charge in [-0.3, -0.25) is 0 Å². The lowest BCUT2D eigenvalue weighted by molar-refractivity contribution is 0.836. The maximum Gasteiger partial charge on any atom is 0.0837 e. The SMILES string of the molecule is CC(C)c1ccc2[nH]c3c(c2c1)CCC/C3=N/N. The average Bonchev–Trinajstić information content (AvgIpc) is 2.76. The molecule has 1 aromatic carbocycles. The zero-order chi connectivity index (χ0) is 12.7. The zero-order valence-electron chi connectivity index (χ0n) is 11.0. The molecule has 0 saturated heterocycles. The summed E-state index contributed by atoms with van der Waals surface area (Å²) in [4.78, 5) is 3.47. The van der Waals surface area contributed by atoms with Gasteiger partial charge in [-0.2, -0.15) is 5.10 Å². The molecule has 0 fully saturated rings. The molecule has 94 valence electrons. The van der Waals surface area contributed by atoms with Gasteiger partial charge in [0.25, 0.3) is 0 Å². The largest absolute Gasteiger partial charge is 0.353 e. The van der Waals surface area contributed by atoms with E-state index in [1.54, 1.807) is 0 Å². The molecule has 0 saturated carbocycles. The van der Waals surface area contributed by atoms with Gasteiger partial charge in [-0.25, -0.2) is 0 Å². The molecule has 0 atom stereocenters. The fourth-order valence-corrected chi connectivity index (χ4v) is 2.82. The highest BCUT2D eigenvalue weighted by Gasteiger charge is 2.20. The number of rotatable bonds is 1. The standard InChI is InChI=1S/C15H19N3/c1-9(2)10-6-7-13-12(8-10)11-4-3-5-14(18-16)15(11)17-13/h6-9,17H,3-5,16H2,1-2H3/b18-14-. The molecular formula is C15H19N3. The Morgan fingerprint density at radius 3 is 2.83 bits per heavy atom.